The van der Waals surface area contributed by atoms with Gasteiger partial charge in [0.05, 0.1) is 0 Å². The molecule has 0 saturated carbocycles. The van der Waals surface area contributed by atoms with Crippen molar-refractivity contribution in [1.82, 2.24) is 10.3 Å². The molecule has 7 nitrogen and oxygen atoms in total. The Morgan fingerprint density at radius 2 is 1.67 bits per heavy atom. The number of ether oxygens (including phenoxy) is 1. The maximum atomic E-state index is 12.2. The molecule has 3 rings (SSSR count). The van der Waals surface area contributed by atoms with Gasteiger partial charge in [-0.1, -0.05) is 0 Å². The van der Waals surface area contributed by atoms with E-state index in [1.165, 1.54) is 12.1 Å². The number of aromatic nitrogens is 1. The molecule has 1 aliphatic heterocycles. The van der Waals surface area contributed by atoms with Gasteiger partial charge in [0, 0.05) is 43.4 Å². The lowest BCUT2D eigenvalue weighted by Gasteiger charge is -2.33. The normalized spacial score (nSPS) is 14.8. The van der Waals surface area contributed by atoms with E-state index in [0.717, 1.165) is 43.8 Å². The van der Waals surface area contributed by atoms with Crippen molar-refractivity contribution in [3.8, 4) is 5.75 Å². The smallest absolute Gasteiger partial charge is 0.406 e. The second-order valence-corrected chi connectivity index (χ2v) is 6.87. The zero-order valence-corrected chi connectivity index (χ0v) is 16.0. The van der Waals surface area contributed by atoms with Crippen LogP contribution in [0.2, 0.25) is 0 Å². The predicted octanol–water partition coefficient (Wildman–Crippen LogP) is 2.95. The number of halogens is 3. The molecule has 10 heteroatoms. The van der Waals surface area contributed by atoms with Crippen molar-refractivity contribution < 1.29 is 27.5 Å². The van der Waals surface area contributed by atoms with Crippen molar-refractivity contribution >= 4 is 23.2 Å². The van der Waals surface area contributed by atoms with E-state index < -0.39 is 23.9 Å². The van der Waals surface area contributed by atoms with Gasteiger partial charge in [-0.05, 0) is 55.2 Å². The zero-order chi connectivity index (χ0) is 21.6. The maximum Gasteiger partial charge on any atom is 0.573 e. The Hall–Kier alpha value is -3.30. The fourth-order valence-corrected chi connectivity index (χ4v) is 3.20. The van der Waals surface area contributed by atoms with Gasteiger partial charge in [0.25, 0.3) is 0 Å². The maximum absolute atomic E-state index is 12.2. The Balaban J connectivity index is 1.40. The van der Waals surface area contributed by atoms with Gasteiger partial charge in [0.1, 0.15) is 5.75 Å². The van der Waals surface area contributed by atoms with Gasteiger partial charge >= 0.3 is 18.2 Å². The summed E-state index contributed by atoms with van der Waals surface area (Å²) < 4.78 is 40.2. The lowest BCUT2D eigenvalue weighted by atomic mass is 9.96. The summed E-state index contributed by atoms with van der Waals surface area (Å²) in [6, 6.07) is 8.46. The van der Waals surface area contributed by atoms with Crippen molar-refractivity contribution in [1.29, 1.82) is 0 Å². The third-order valence-electron chi connectivity index (χ3n) is 4.75. The Bertz CT molecular complexity index is 852. The van der Waals surface area contributed by atoms with Gasteiger partial charge in [-0.2, -0.15) is 0 Å². The molecule has 160 valence electrons. The Labute approximate surface area is 171 Å². The quantitative estimate of drug-likeness (QED) is 0.724. The highest BCUT2D eigenvalue weighted by atomic mass is 19.4. The highest BCUT2D eigenvalue weighted by molar-refractivity contribution is 6.39. The SMILES string of the molecule is O=C(NCC1CCN(c2ccncc2)CC1)C(=O)Nc1ccc(OC(F)(F)F)cc1. The molecule has 0 unspecified atom stereocenters. The first-order valence-corrected chi connectivity index (χ1v) is 9.40. The first kappa shape index (κ1) is 21.4. The highest BCUT2D eigenvalue weighted by Gasteiger charge is 2.31. The number of nitrogens with zero attached hydrogens (tertiary/aromatic N) is 2. The summed E-state index contributed by atoms with van der Waals surface area (Å²) in [4.78, 5) is 30.3. The number of rotatable bonds is 5. The Kier molecular flexibility index (Phi) is 6.76. The van der Waals surface area contributed by atoms with Crippen LogP contribution in [0.5, 0.6) is 5.75 Å². The van der Waals surface area contributed by atoms with Crippen molar-refractivity contribution in [2.45, 2.75) is 19.2 Å². The summed E-state index contributed by atoms with van der Waals surface area (Å²) in [6.45, 7) is 2.08. The van der Waals surface area contributed by atoms with E-state index in [2.05, 4.69) is 25.3 Å². The molecule has 0 spiro atoms. The minimum absolute atomic E-state index is 0.190. The van der Waals surface area contributed by atoms with Gasteiger partial charge in [0.15, 0.2) is 0 Å². The lowest BCUT2D eigenvalue weighted by molar-refractivity contribution is -0.274. The van der Waals surface area contributed by atoms with Crippen LogP contribution in [0.15, 0.2) is 48.8 Å². The van der Waals surface area contributed by atoms with Crippen LogP contribution < -0.4 is 20.3 Å². The third-order valence-corrected chi connectivity index (χ3v) is 4.75. The van der Waals surface area contributed by atoms with Crippen LogP contribution in [0.4, 0.5) is 24.5 Å². The molecule has 1 aromatic carbocycles. The molecule has 1 saturated heterocycles. The van der Waals surface area contributed by atoms with Gasteiger partial charge in [-0.25, -0.2) is 0 Å². The van der Waals surface area contributed by atoms with E-state index in [4.69, 9.17) is 0 Å². The van der Waals surface area contributed by atoms with E-state index in [-0.39, 0.29) is 11.6 Å². The van der Waals surface area contributed by atoms with Gasteiger partial charge in [-0.3, -0.25) is 14.6 Å². The molecular formula is C20H21F3N4O3. The fourth-order valence-electron chi connectivity index (χ4n) is 3.20. The van der Waals surface area contributed by atoms with Crippen LogP contribution in [0.3, 0.4) is 0 Å². The number of amides is 2. The standard InChI is InChI=1S/C20H21F3N4O3/c21-20(22,23)30-17-3-1-15(2-4-17)26-19(29)18(28)25-13-14-7-11-27(12-8-14)16-5-9-24-10-6-16/h1-6,9-10,14H,7-8,11-13H2,(H,25,28)(H,26,29). The highest BCUT2D eigenvalue weighted by Crippen LogP contribution is 2.24. The molecule has 0 bridgehead atoms. The van der Waals surface area contributed by atoms with Crippen LogP contribution in [0.1, 0.15) is 12.8 Å². The largest absolute Gasteiger partial charge is 0.573 e. The monoisotopic (exact) mass is 422 g/mol. The van der Waals surface area contributed by atoms with Crippen LogP contribution in [-0.2, 0) is 9.59 Å². The average Bonchev–Trinajstić information content (AvgIpc) is 2.73. The number of nitrogens with one attached hydrogen (secondary N) is 2. The number of hydrogen-bond acceptors (Lipinski definition) is 5. The fraction of sp³-hybridized carbons (Fsp3) is 0.350. The molecule has 2 N–H and O–H groups in total. The zero-order valence-electron chi connectivity index (χ0n) is 16.0. The molecular weight excluding hydrogens is 401 g/mol. The van der Waals surface area contributed by atoms with Crippen LogP contribution >= 0.6 is 0 Å². The summed E-state index contributed by atoms with van der Waals surface area (Å²) in [5, 5.41) is 4.96. The summed E-state index contributed by atoms with van der Waals surface area (Å²) >= 11 is 0. The number of pyridine rings is 1. The number of hydrogen-bond donors (Lipinski definition) is 2. The molecule has 1 fully saturated rings. The first-order chi connectivity index (χ1) is 14.3. The molecule has 2 amide bonds. The Morgan fingerprint density at radius 3 is 2.27 bits per heavy atom. The van der Waals surface area contributed by atoms with Gasteiger partial charge < -0.3 is 20.3 Å². The van der Waals surface area contributed by atoms with Crippen molar-refractivity contribution in [2.24, 2.45) is 5.92 Å². The number of carbonyl (C=O) groups excluding carboxylic acids is 2. The lowest BCUT2D eigenvalue weighted by Crippen LogP contribution is -2.41. The first-order valence-electron chi connectivity index (χ1n) is 9.40. The number of carbonyl (C=O) groups is 2. The molecule has 30 heavy (non-hydrogen) atoms. The van der Waals surface area contributed by atoms with Crippen LogP contribution in [0, 0.1) is 5.92 Å². The number of benzene rings is 1. The molecule has 2 heterocycles. The van der Waals surface area contributed by atoms with E-state index >= 15 is 0 Å². The summed E-state index contributed by atoms with van der Waals surface area (Å²) in [6.07, 6.45) is 0.461. The van der Waals surface area contributed by atoms with Crippen molar-refractivity contribution in [3.05, 3.63) is 48.8 Å². The number of alkyl halides is 3. The van der Waals surface area contributed by atoms with Crippen LogP contribution in [-0.4, -0.2) is 42.8 Å². The van der Waals surface area contributed by atoms with E-state index in [1.807, 2.05) is 12.1 Å². The van der Waals surface area contributed by atoms with E-state index in [0.29, 0.717) is 6.54 Å². The van der Waals surface area contributed by atoms with Gasteiger partial charge in [-0.15, -0.1) is 13.2 Å². The summed E-state index contributed by atoms with van der Waals surface area (Å²) in [5.41, 5.74) is 1.30. The number of piperidine rings is 1. The molecule has 1 aromatic heterocycles. The van der Waals surface area contributed by atoms with Crippen molar-refractivity contribution in [3.63, 3.8) is 0 Å². The minimum Gasteiger partial charge on any atom is -0.406 e. The van der Waals surface area contributed by atoms with Gasteiger partial charge in [0.2, 0.25) is 0 Å². The second-order valence-electron chi connectivity index (χ2n) is 6.87. The molecule has 2 aromatic rings. The molecule has 0 radical (unpaired) electrons. The second kappa shape index (κ2) is 9.47. The van der Waals surface area contributed by atoms with Crippen molar-refractivity contribution in [2.75, 3.05) is 29.9 Å². The topological polar surface area (TPSA) is 83.6 Å². The summed E-state index contributed by atoms with van der Waals surface area (Å²) in [5.74, 6) is -1.82. The van der Waals surface area contributed by atoms with Crippen LogP contribution in [0.25, 0.3) is 0 Å². The minimum atomic E-state index is -4.79. The average molecular weight is 422 g/mol. The molecule has 0 atom stereocenters. The molecule has 0 aliphatic carbocycles. The van der Waals surface area contributed by atoms with E-state index in [1.54, 1.807) is 12.4 Å². The Morgan fingerprint density at radius 1 is 1.03 bits per heavy atom. The predicted molar refractivity (Wildman–Crippen MR) is 104 cm³/mol. The number of anilines is 2. The van der Waals surface area contributed by atoms with E-state index in [9.17, 15) is 22.8 Å². The summed E-state index contributed by atoms with van der Waals surface area (Å²) in [7, 11) is 0. The molecule has 1 aliphatic rings. The third kappa shape index (κ3) is 6.36.